The molecular weight excluding hydrogens is 258 g/mol. The zero-order chi connectivity index (χ0) is 14.3. The number of likely N-dealkylation sites (tertiary alicyclic amines) is 1. The number of piperidine rings is 1. The molecule has 0 bridgehead atoms. The molecule has 3 heteroatoms. The number of aromatic nitrogens is 2. The Kier molecular flexibility index (Phi) is 4.70. The summed E-state index contributed by atoms with van der Waals surface area (Å²) < 4.78 is 0. The largest absolute Gasteiger partial charge is 0.338 e. The first kappa shape index (κ1) is 13.9. The van der Waals surface area contributed by atoms with Crippen LogP contribution in [-0.4, -0.2) is 34.5 Å². The van der Waals surface area contributed by atoms with E-state index in [1.807, 2.05) is 0 Å². The zero-order valence-electron chi connectivity index (χ0n) is 12.3. The third-order valence-electron chi connectivity index (χ3n) is 4.13. The molecule has 1 N–H and O–H groups in total. The zero-order valence-corrected chi connectivity index (χ0v) is 12.3. The van der Waals surface area contributed by atoms with E-state index >= 15 is 0 Å². The van der Waals surface area contributed by atoms with Gasteiger partial charge in [0.05, 0.1) is 12.5 Å². The van der Waals surface area contributed by atoms with E-state index in [0.29, 0.717) is 0 Å². The van der Waals surface area contributed by atoms with Crippen molar-refractivity contribution in [1.82, 2.24) is 14.9 Å². The van der Waals surface area contributed by atoms with E-state index in [4.69, 9.17) is 0 Å². The molecule has 1 aromatic heterocycles. The van der Waals surface area contributed by atoms with Gasteiger partial charge in [-0.05, 0) is 43.3 Å². The SMILES string of the molecule is C(#Cc1cnc[nH]1)CCN1CCC(c2ccccc2)CC1. The fraction of sp³-hybridized carbons (Fsp3) is 0.389. The van der Waals surface area contributed by atoms with Crippen molar-refractivity contribution in [3.8, 4) is 11.8 Å². The topological polar surface area (TPSA) is 31.9 Å². The van der Waals surface area contributed by atoms with E-state index in [1.54, 1.807) is 12.5 Å². The number of hydrogen-bond acceptors (Lipinski definition) is 2. The highest BCUT2D eigenvalue weighted by atomic mass is 15.1. The van der Waals surface area contributed by atoms with Gasteiger partial charge in [0.25, 0.3) is 0 Å². The highest BCUT2D eigenvalue weighted by Gasteiger charge is 2.19. The maximum absolute atomic E-state index is 3.96. The minimum Gasteiger partial charge on any atom is -0.338 e. The normalized spacial score (nSPS) is 16.4. The van der Waals surface area contributed by atoms with Crippen molar-refractivity contribution in [3.63, 3.8) is 0 Å². The van der Waals surface area contributed by atoms with E-state index in [0.717, 1.165) is 24.6 Å². The van der Waals surface area contributed by atoms with Crippen LogP contribution in [0.25, 0.3) is 0 Å². The molecule has 0 atom stereocenters. The summed E-state index contributed by atoms with van der Waals surface area (Å²) in [7, 11) is 0. The molecule has 0 amide bonds. The second-order valence-corrected chi connectivity index (χ2v) is 5.54. The average molecular weight is 279 g/mol. The van der Waals surface area contributed by atoms with Crippen molar-refractivity contribution < 1.29 is 0 Å². The number of hydrogen-bond donors (Lipinski definition) is 1. The Hall–Kier alpha value is -2.05. The van der Waals surface area contributed by atoms with Crippen molar-refractivity contribution in [2.24, 2.45) is 0 Å². The lowest BCUT2D eigenvalue weighted by molar-refractivity contribution is 0.217. The standard InChI is InChI=1S/C18H21N3/c1-2-6-16(7-3-1)17-9-12-21(13-10-17)11-5-4-8-18-14-19-15-20-18/h1-3,6-7,14-15,17H,5,9-13H2,(H,19,20). The summed E-state index contributed by atoms with van der Waals surface area (Å²) in [5, 5.41) is 0. The molecule has 0 radical (unpaired) electrons. The number of nitrogens with zero attached hydrogens (tertiary/aromatic N) is 2. The predicted octanol–water partition coefficient (Wildman–Crippen LogP) is 3.03. The van der Waals surface area contributed by atoms with Gasteiger partial charge in [0.2, 0.25) is 0 Å². The van der Waals surface area contributed by atoms with Gasteiger partial charge >= 0.3 is 0 Å². The monoisotopic (exact) mass is 279 g/mol. The fourth-order valence-corrected chi connectivity index (χ4v) is 2.91. The van der Waals surface area contributed by atoms with Gasteiger partial charge in [0, 0.05) is 13.0 Å². The summed E-state index contributed by atoms with van der Waals surface area (Å²) in [5.41, 5.74) is 2.40. The first-order valence-corrected chi connectivity index (χ1v) is 7.66. The van der Waals surface area contributed by atoms with Gasteiger partial charge in [-0.15, -0.1) is 0 Å². The van der Waals surface area contributed by atoms with Gasteiger partial charge in [-0.2, -0.15) is 0 Å². The van der Waals surface area contributed by atoms with Crippen LogP contribution in [0.3, 0.4) is 0 Å². The van der Waals surface area contributed by atoms with Crippen molar-refractivity contribution in [3.05, 3.63) is 54.1 Å². The van der Waals surface area contributed by atoms with E-state index in [1.165, 1.54) is 31.5 Å². The lowest BCUT2D eigenvalue weighted by Crippen LogP contribution is -2.33. The highest BCUT2D eigenvalue weighted by molar-refractivity contribution is 5.24. The maximum atomic E-state index is 3.96. The van der Waals surface area contributed by atoms with Gasteiger partial charge in [-0.25, -0.2) is 4.98 Å². The predicted molar refractivity (Wildman–Crippen MR) is 84.9 cm³/mol. The summed E-state index contributed by atoms with van der Waals surface area (Å²) in [5.74, 6) is 7.05. The van der Waals surface area contributed by atoms with Crippen molar-refractivity contribution in [2.45, 2.75) is 25.2 Å². The maximum Gasteiger partial charge on any atom is 0.109 e. The molecule has 3 rings (SSSR count). The Bertz CT molecular complexity index is 584. The molecule has 0 aliphatic carbocycles. The van der Waals surface area contributed by atoms with Crippen LogP contribution in [0.15, 0.2) is 42.9 Å². The van der Waals surface area contributed by atoms with Crippen molar-refractivity contribution in [2.75, 3.05) is 19.6 Å². The van der Waals surface area contributed by atoms with Gasteiger partial charge in [-0.3, -0.25) is 0 Å². The van der Waals surface area contributed by atoms with Crippen LogP contribution in [0.1, 0.15) is 36.4 Å². The summed E-state index contributed by atoms with van der Waals surface area (Å²) in [6.45, 7) is 3.44. The number of H-pyrrole nitrogens is 1. The number of benzene rings is 1. The van der Waals surface area contributed by atoms with Crippen molar-refractivity contribution in [1.29, 1.82) is 0 Å². The van der Waals surface area contributed by atoms with E-state index in [9.17, 15) is 0 Å². The van der Waals surface area contributed by atoms with Gasteiger partial charge < -0.3 is 9.88 Å². The smallest absolute Gasteiger partial charge is 0.109 e. The minimum absolute atomic E-state index is 0.735. The number of aromatic amines is 1. The van der Waals surface area contributed by atoms with Gasteiger partial charge in [-0.1, -0.05) is 36.3 Å². The molecule has 0 spiro atoms. The molecule has 2 heterocycles. The second kappa shape index (κ2) is 7.10. The lowest BCUT2D eigenvalue weighted by Gasteiger charge is -2.31. The van der Waals surface area contributed by atoms with Crippen LogP contribution in [0.4, 0.5) is 0 Å². The quantitative estimate of drug-likeness (QED) is 0.876. The first-order valence-electron chi connectivity index (χ1n) is 7.66. The van der Waals surface area contributed by atoms with E-state index in [-0.39, 0.29) is 0 Å². The summed E-state index contributed by atoms with van der Waals surface area (Å²) in [6.07, 6.45) is 6.88. The Morgan fingerprint density at radius 2 is 2.00 bits per heavy atom. The highest BCUT2D eigenvalue weighted by Crippen LogP contribution is 2.27. The molecule has 2 aromatic rings. The molecule has 3 nitrogen and oxygen atoms in total. The first-order chi connectivity index (χ1) is 10.4. The van der Waals surface area contributed by atoms with Crippen LogP contribution < -0.4 is 0 Å². The number of imidazole rings is 1. The van der Waals surface area contributed by atoms with Crippen LogP contribution in [0.5, 0.6) is 0 Å². The summed E-state index contributed by atoms with van der Waals surface area (Å²) >= 11 is 0. The molecule has 0 saturated carbocycles. The number of nitrogens with one attached hydrogen (secondary N) is 1. The Morgan fingerprint density at radius 3 is 2.71 bits per heavy atom. The molecule has 1 fully saturated rings. The molecule has 1 aliphatic rings. The van der Waals surface area contributed by atoms with Crippen LogP contribution in [0, 0.1) is 11.8 Å². The molecule has 1 aromatic carbocycles. The third kappa shape index (κ3) is 3.96. The average Bonchev–Trinajstić information content (AvgIpc) is 3.06. The van der Waals surface area contributed by atoms with Crippen LogP contribution in [0.2, 0.25) is 0 Å². The fourth-order valence-electron chi connectivity index (χ4n) is 2.91. The molecular formula is C18H21N3. The summed E-state index contributed by atoms with van der Waals surface area (Å²) in [6, 6.07) is 10.9. The lowest BCUT2D eigenvalue weighted by atomic mass is 9.89. The molecule has 108 valence electrons. The molecule has 1 saturated heterocycles. The van der Waals surface area contributed by atoms with E-state index in [2.05, 4.69) is 57.0 Å². The third-order valence-corrected chi connectivity index (χ3v) is 4.13. The Labute approximate surface area is 126 Å². The Morgan fingerprint density at radius 1 is 1.19 bits per heavy atom. The van der Waals surface area contributed by atoms with Crippen LogP contribution >= 0.6 is 0 Å². The van der Waals surface area contributed by atoms with E-state index < -0.39 is 0 Å². The van der Waals surface area contributed by atoms with Gasteiger partial charge in [0.15, 0.2) is 0 Å². The molecule has 1 aliphatic heterocycles. The summed E-state index contributed by atoms with van der Waals surface area (Å²) in [4.78, 5) is 9.49. The van der Waals surface area contributed by atoms with Crippen molar-refractivity contribution >= 4 is 0 Å². The number of rotatable bonds is 3. The molecule has 21 heavy (non-hydrogen) atoms. The van der Waals surface area contributed by atoms with Crippen LogP contribution in [-0.2, 0) is 0 Å². The van der Waals surface area contributed by atoms with Gasteiger partial charge in [0.1, 0.15) is 5.69 Å². The molecule has 0 unspecified atom stereocenters. The Balaban J connectivity index is 1.42. The minimum atomic E-state index is 0.735. The second-order valence-electron chi connectivity index (χ2n) is 5.54.